The number of rotatable bonds is 7. The summed E-state index contributed by atoms with van der Waals surface area (Å²) < 4.78 is 1.75. The highest BCUT2D eigenvalue weighted by atomic mass is 16.3. The standard InChI is InChI=1S/C16H19N3O2/c1-3-9-18(10-4-2)16(21)11-19-14-8-6-5-7-13(14)17-15(19)12-20/h3-8,20H,1-2,9-12H2. The van der Waals surface area contributed by atoms with Gasteiger partial charge in [0.1, 0.15) is 19.0 Å². The van der Waals surface area contributed by atoms with Gasteiger partial charge in [-0.1, -0.05) is 24.3 Å². The first-order valence-corrected chi connectivity index (χ1v) is 6.75. The fraction of sp³-hybridized carbons (Fsp3) is 0.250. The number of nitrogens with zero attached hydrogens (tertiary/aromatic N) is 3. The van der Waals surface area contributed by atoms with Crippen molar-refractivity contribution in [2.45, 2.75) is 13.2 Å². The van der Waals surface area contributed by atoms with Gasteiger partial charge in [-0.2, -0.15) is 0 Å². The van der Waals surface area contributed by atoms with Crippen molar-refractivity contribution in [2.75, 3.05) is 13.1 Å². The molecule has 0 saturated heterocycles. The first-order chi connectivity index (χ1) is 10.2. The number of para-hydroxylation sites is 2. The van der Waals surface area contributed by atoms with Crippen LogP contribution >= 0.6 is 0 Å². The molecule has 1 aromatic carbocycles. The van der Waals surface area contributed by atoms with Crippen LogP contribution in [0.15, 0.2) is 49.6 Å². The highest BCUT2D eigenvalue weighted by Gasteiger charge is 2.16. The number of imidazole rings is 1. The van der Waals surface area contributed by atoms with E-state index in [1.165, 1.54) is 0 Å². The molecule has 1 N–H and O–H groups in total. The largest absolute Gasteiger partial charge is 0.388 e. The summed E-state index contributed by atoms with van der Waals surface area (Å²) in [5.74, 6) is 0.425. The third-order valence-corrected chi connectivity index (χ3v) is 3.22. The average Bonchev–Trinajstić information content (AvgIpc) is 2.85. The number of aliphatic hydroxyl groups excluding tert-OH is 1. The van der Waals surface area contributed by atoms with E-state index in [9.17, 15) is 9.90 Å². The van der Waals surface area contributed by atoms with Gasteiger partial charge >= 0.3 is 0 Å². The lowest BCUT2D eigenvalue weighted by Crippen LogP contribution is -2.34. The summed E-state index contributed by atoms with van der Waals surface area (Å²) in [4.78, 5) is 18.4. The maximum Gasteiger partial charge on any atom is 0.243 e. The van der Waals surface area contributed by atoms with Crippen molar-refractivity contribution in [3.8, 4) is 0 Å². The van der Waals surface area contributed by atoms with E-state index in [0.29, 0.717) is 18.9 Å². The molecule has 0 radical (unpaired) electrons. The van der Waals surface area contributed by atoms with Crippen molar-refractivity contribution in [2.24, 2.45) is 0 Å². The highest BCUT2D eigenvalue weighted by Crippen LogP contribution is 2.16. The van der Waals surface area contributed by atoms with Crippen molar-refractivity contribution < 1.29 is 9.90 Å². The minimum absolute atomic E-state index is 0.0624. The van der Waals surface area contributed by atoms with Crippen molar-refractivity contribution in [1.29, 1.82) is 0 Å². The molecule has 0 saturated carbocycles. The molecule has 0 fully saturated rings. The topological polar surface area (TPSA) is 58.4 Å². The van der Waals surface area contributed by atoms with Crippen LogP contribution in [-0.4, -0.2) is 38.6 Å². The van der Waals surface area contributed by atoms with Crippen LogP contribution in [0, 0.1) is 0 Å². The molecule has 5 nitrogen and oxygen atoms in total. The maximum atomic E-state index is 12.4. The molecule has 0 unspecified atom stereocenters. The monoisotopic (exact) mass is 285 g/mol. The minimum Gasteiger partial charge on any atom is -0.388 e. The number of amides is 1. The van der Waals surface area contributed by atoms with Crippen molar-refractivity contribution in [1.82, 2.24) is 14.5 Å². The number of fused-ring (bicyclic) bond motifs is 1. The highest BCUT2D eigenvalue weighted by molar-refractivity contribution is 5.81. The summed E-state index contributed by atoms with van der Waals surface area (Å²) >= 11 is 0. The Morgan fingerprint density at radius 2 is 1.95 bits per heavy atom. The van der Waals surface area contributed by atoms with Gasteiger partial charge in [0.2, 0.25) is 5.91 Å². The molecule has 2 aromatic rings. The molecule has 2 rings (SSSR count). The van der Waals surface area contributed by atoms with Crippen molar-refractivity contribution in [3.05, 3.63) is 55.4 Å². The molecule has 0 bridgehead atoms. The molecule has 1 amide bonds. The fourth-order valence-electron chi connectivity index (χ4n) is 2.25. The normalized spacial score (nSPS) is 10.5. The molecule has 21 heavy (non-hydrogen) atoms. The molecule has 0 atom stereocenters. The van der Waals surface area contributed by atoms with E-state index in [2.05, 4.69) is 18.1 Å². The Hall–Kier alpha value is -2.40. The predicted octanol–water partition coefficient (Wildman–Crippen LogP) is 1.73. The van der Waals surface area contributed by atoms with Gasteiger partial charge in [-0.3, -0.25) is 4.79 Å². The second-order valence-electron chi connectivity index (χ2n) is 4.64. The summed E-state index contributed by atoms with van der Waals surface area (Å²) in [6, 6.07) is 7.52. The Bertz CT molecular complexity index is 651. The molecule has 0 aliphatic heterocycles. The Morgan fingerprint density at radius 1 is 1.29 bits per heavy atom. The Labute approximate surface area is 123 Å². The van der Waals surface area contributed by atoms with Crippen molar-refractivity contribution >= 4 is 16.9 Å². The van der Waals surface area contributed by atoms with Gasteiger partial charge in [0, 0.05) is 13.1 Å². The number of hydrogen-bond donors (Lipinski definition) is 1. The number of aromatic nitrogens is 2. The SMILES string of the molecule is C=CCN(CC=C)C(=O)Cn1c(CO)nc2ccccc21. The van der Waals surface area contributed by atoms with Gasteiger partial charge in [-0.15, -0.1) is 13.2 Å². The summed E-state index contributed by atoms with van der Waals surface area (Å²) in [6.07, 6.45) is 3.36. The molecule has 1 aromatic heterocycles. The van der Waals surface area contributed by atoms with Gasteiger partial charge in [-0.05, 0) is 12.1 Å². The Balaban J connectivity index is 2.31. The van der Waals surface area contributed by atoms with Crippen LogP contribution in [0.1, 0.15) is 5.82 Å². The number of aliphatic hydroxyl groups is 1. The molecular formula is C16H19N3O2. The molecule has 110 valence electrons. The number of carbonyl (C=O) groups is 1. The van der Waals surface area contributed by atoms with E-state index in [0.717, 1.165) is 11.0 Å². The van der Waals surface area contributed by atoms with E-state index in [4.69, 9.17) is 0 Å². The first kappa shape index (κ1) is 15.0. The molecule has 1 heterocycles. The lowest BCUT2D eigenvalue weighted by Gasteiger charge is -2.20. The second-order valence-corrected chi connectivity index (χ2v) is 4.64. The smallest absolute Gasteiger partial charge is 0.243 e. The van der Waals surface area contributed by atoms with Crippen LogP contribution < -0.4 is 0 Å². The van der Waals surface area contributed by atoms with Crippen LogP contribution in [0.25, 0.3) is 11.0 Å². The third-order valence-electron chi connectivity index (χ3n) is 3.22. The lowest BCUT2D eigenvalue weighted by molar-refractivity contribution is -0.130. The Morgan fingerprint density at radius 3 is 2.57 bits per heavy atom. The zero-order valence-electron chi connectivity index (χ0n) is 11.9. The third kappa shape index (κ3) is 3.20. The van der Waals surface area contributed by atoms with Crippen LogP contribution in [0.4, 0.5) is 0 Å². The number of hydrogen-bond acceptors (Lipinski definition) is 3. The molecule has 0 spiro atoms. The lowest BCUT2D eigenvalue weighted by atomic mass is 10.3. The van der Waals surface area contributed by atoms with Crippen LogP contribution in [0.2, 0.25) is 0 Å². The van der Waals surface area contributed by atoms with E-state index in [1.807, 2.05) is 24.3 Å². The number of carbonyl (C=O) groups excluding carboxylic acids is 1. The van der Waals surface area contributed by atoms with Crippen molar-refractivity contribution in [3.63, 3.8) is 0 Å². The predicted molar refractivity (Wildman–Crippen MR) is 82.6 cm³/mol. The molecule has 0 aliphatic carbocycles. The van der Waals surface area contributed by atoms with Crippen LogP contribution in [0.5, 0.6) is 0 Å². The summed E-state index contributed by atoms with van der Waals surface area (Å²) in [7, 11) is 0. The maximum absolute atomic E-state index is 12.4. The van der Waals surface area contributed by atoms with E-state index >= 15 is 0 Å². The van der Waals surface area contributed by atoms with E-state index < -0.39 is 0 Å². The minimum atomic E-state index is -0.203. The van der Waals surface area contributed by atoms with Gasteiger partial charge in [0.15, 0.2) is 0 Å². The summed E-state index contributed by atoms with van der Waals surface area (Å²) in [5, 5.41) is 9.44. The van der Waals surface area contributed by atoms with Gasteiger partial charge in [0.25, 0.3) is 0 Å². The van der Waals surface area contributed by atoms with Crippen LogP contribution in [0.3, 0.4) is 0 Å². The van der Waals surface area contributed by atoms with Gasteiger partial charge < -0.3 is 14.6 Å². The second kappa shape index (κ2) is 6.85. The number of benzene rings is 1. The van der Waals surface area contributed by atoms with Gasteiger partial charge in [0.05, 0.1) is 11.0 Å². The zero-order valence-corrected chi connectivity index (χ0v) is 11.9. The van der Waals surface area contributed by atoms with Gasteiger partial charge in [-0.25, -0.2) is 4.98 Å². The zero-order chi connectivity index (χ0) is 15.2. The first-order valence-electron chi connectivity index (χ1n) is 6.75. The Kier molecular flexibility index (Phi) is 4.90. The van der Waals surface area contributed by atoms with E-state index in [1.54, 1.807) is 21.6 Å². The van der Waals surface area contributed by atoms with E-state index in [-0.39, 0.29) is 19.1 Å². The average molecular weight is 285 g/mol. The van der Waals surface area contributed by atoms with Crippen LogP contribution in [-0.2, 0) is 17.9 Å². The summed E-state index contributed by atoms with van der Waals surface area (Å²) in [6.45, 7) is 8.18. The quantitative estimate of drug-likeness (QED) is 0.788. The molecular weight excluding hydrogens is 266 g/mol. The summed E-state index contributed by atoms with van der Waals surface area (Å²) in [5.41, 5.74) is 1.61. The molecule has 0 aliphatic rings. The molecule has 5 heteroatoms. The fourth-order valence-corrected chi connectivity index (χ4v) is 2.25.